The minimum Gasteiger partial charge on any atom is -0.444 e. The zero-order valence-electron chi connectivity index (χ0n) is 19.5. The Morgan fingerprint density at radius 3 is 2.61 bits per heavy atom. The van der Waals surface area contributed by atoms with Crippen LogP contribution >= 0.6 is 0 Å². The maximum atomic E-state index is 12.3. The van der Waals surface area contributed by atoms with E-state index in [1.807, 2.05) is 49.8 Å². The van der Waals surface area contributed by atoms with Crippen molar-refractivity contribution in [3.63, 3.8) is 0 Å². The monoisotopic (exact) mass is 449 g/mol. The molecule has 0 atom stereocenters. The van der Waals surface area contributed by atoms with E-state index in [1.54, 1.807) is 11.1 Å². The highest BCUT2D eigenvalue weighted by molar-refractivity contribution is 5.68. The number of hydrogen-bond donors (Lipinski definition) is 1. The SMILES string of the molecule is CC(C)(C)OC(=O)N1CCC(CNc2nccc(-c3ccn4ncc(C5CC5)c4n3)n2)CC1. The van der Waals surface area contributed by atoms with Crippen molar-refractivity contribution in [2.75, 3.05) is 25.0 Å². The van der Waals surface area contributed by atoms with Crippen molar-refractivity contribution in [2.24, 2.45) is 5.92 Å². The standard InChI is InChI=1S/C24H31N7O2/c1-24(2,3)33-23(32)30-11-7-16(8-12-30)14-26-22-25-10-6-19(29-22)20-9-13-31-21(28-20)18(15-27-31)17-4-5-17/h6,9-10,13,15-17H,4-5,7-8,11-12,14H2,1-3H3,(H,25,26,29). The molecular weight excluding hydrogens is 418 g/mol. The zero-order valence-corrected chi connectivity index (χ0v) is 19.5. The maximum Gasteiger partial charge on any atom is 0.410 e. The van der Waals surface area contributed by atoms with E-state index < -0.39 is 5.60 Å². The molecule has 1 aliphatic carbocycles. The number of fused-ring (bicyclic) bond motifs is 1. The number of hydrogen-bond acceptors (Lipinski definition) is 7. The summed E-state index contributed by atoms with van der Waals surface area (Å²) < 4.78 is 7.32. The fraction of sp³-hybridized carbons (Fsp3) is 0.542. The molecule has 0 aromatic carbocycles. The number of nitrogens with zero attached hydrogens (tertiary/aromatic N) is 6. The van der Waals surface area contributed by atoms with Gasteiger partial charge in [-0.2, -0.15) is 5.10 Å². The maximum absolute atomic E-state index is 12.3. The van der Waals surface area contributed by atoms with Crippen LogP contribution < -0.4 is 5.32 Å². The average molecular weight is 450 g/mol. The number of anilines is 1. The predicted molar refractivity (Wildman–Crippen MR) is 125 cm³/mol. The highest BCUT2D eigenvalue weighted by Gasteiger charge is 2.28. The summed E-state index contributed by atoms with van der Waals surface area (Å²) in [5.74, 6) is 1.65. The molecule has 1 aliphatic heterocycles. The minimum absolute atomic E-state index is 0.225. The summed E-state index contributed by atoms with van der Waals surface area (Å²) in [6, 6.07) is 3.83. The third-order valence-electron chi connectivity index (χ3n) is 6.15. The largest absolute Gasteiger partial charge is 0.444 e. The molecule has 9 nitrogen and oxygen atoms in total. The van der Waals surface area contributed by atoms with Crippen molar-refractivity contribution in [1.82, 2.24) is 29.5 Å². The van der Waals surface area contributed by atoms with E-state index in [-0.39, 0.29) is 6.09 Å². The molecule has 1 saturated carbocycles. The van der Waals surface area contributed by atoms with Crippen molar-refractivity contribution in [3.05, 3.63) is 36.3 Å². The van der Waals surface area contributed by atoms with E-state index in [0.29, 0.717) is 30.9 Å². The number of nitrogens with one attached hydrogen (secondary N) is 1. The molecule has 1 N–H and O–H groups in total. The van der Waals surface area contributed by atoms with Gasteiger partial charge in [0, 0.05) is 37.6 Å². The van der Waals surface area contributed by atoms with Crippen LogP contribution in [-0.2, 0) is 4.74 Å². The van der Waals surface area contributed by atoms with E-state index in [4.69, 9.17) is 14.7 Å². The molecule has 3 aromatic rings. The van der Waals surface area contributed by atoms with Gasteiger partial charge in [0.25, 0.3) is 0 Å². The Balaban J connectivity index is 1.19. The summed E-state index contributed by atoms with van der Waals surface area (Å²) in [7, 11) is 0. The van der Waals surface area contributed by atoms with Crippen molar-refractivity contribution in [1.29, 1.82) is 0 Å². The van der Waals surface area contributed by atoms with Gasteiger partial charge in [0.2, 0.25) is 5.95 Å². The number of likely N-dealkylation sites (tertiary alicyclic amines) is 1. The molecule has 5 rings (SSSR count). The lowest BCUT2D eigenvalue weighted by molar-refractivity contribution is 0.0188. The summed E-state index contributed by atoms with van der Waals surface area (Å²) in [6.45, 7) is 7.87. The lowest BCUT2D eigenvalue weighted by Crippen LogP contribution is -2.42. The summed E-state index contributed by atoms with van der Waals surface area (Å²) in [4.78, 5) is 28.0. The number of piperidine rings is 1. The minimum atomic E-state index is -0.464. The smallest absolute Gasteiger partial charge is 0.410 e. The highest BCUT2D eigenvalue weighted by atomic mass is 16.6. The third kappa shape index (κ3) is 5.07. The van der Waals surface area contributed by atoms with E-state index in [1.165, 1.54) is 18.4 Å². The molecule has 174 valence electrons. The van der Waals surface area contributed by atoms with Crippen molar-refractivity contribution >= 4 is 17.7 Å². The first-order valence-corrected chi connectivity index (χ1v) is 11.8. The van der Waals surface area contributed by atoms with Crippen LogP contribution in [0, 0.1) is 5.92 Å². The van der Waals surface area contributed by atoms with Crippen LogP contribution in [0.2, 0.25) is 0 Å². The number of aromatic nitrogens is 5. The van der Waals surface area contributed by atoms with Crippen LogP contribution in [-0.4, -0.2) is 60.8 Å². The van der Waals surface area contributed by atoms with E-state index in [9.17, 15) is 4.79 Å². The summed E-state index contributed by atoms with van der Waals surface area (Å²) in [6.07, 6.45) is 9.70. The highest BCUT2D eigenvalue weighted by Crippen LogP contribution is 2.41. The van der Waals surface area contributed by atoms with Gasteiger partial charge in [-0.05, 0) is 70.4 Å². The van der Waals surface area contributed by atoms with Crippen LogP contribution in [0.4, 0.5) is 10.7 Å². The van der Waals surface area contributed by atoms with E-state index >= 15 is 0 Å². The normalized spacial score (nSPS) is 17.4. The van der Waals surface area contributed by atoms with Crippen LogP contribution in [0.3, 0.4) is 0 Å². The molecule has 2 fully saturated rings. The van der Waals surface area contributed by atoms with Gasteiger partial charge in [-0.25, -0.2) is 24.3 Å². The molecule has 0 spiro atoms. The Morgan fingerprint density at radius 2 is 1.88 bits per heavy atom. The molecule has 2 aliphatic rings. The molecule has 1 amide bonds. The predicted octanol–water partition coefficient (Wildman–Crippen LogP) is 4.12. The van der Waals surface area contributed by atoms with Gasteiger partial charge in [-0.1, -0.05) is 0 Å². The second kappa shape index (κ2) is 8.61. The molecule has 4 heterocycles. The molecule has 0 unspecified atom stereocenters. The van der Waals surface area contributed by atoms with Gasteiger partial charge in [-0.3, -0.25) is 0 Å². The Labute approximate surface area is 193 Å². The Hall–Kier alpha value is -3.23. The van der Waals surface area contributed by atoms with Crippen LogP contribution in [0.25, 0.3) is 17.0 Å². The second-order valence-corrected chi connectivity index (χ2v) is 10.0. The third-order valence-corrected chi connectivity index (χ3v) is 6.15. The van der Waals surface area contributed by atoms with Gasteiger partial charge in [0.05, 0.1) is 17.6 Å². The number of carbonyl (C=O) groups excluding carboxylic acids is 1. The van der Waals surface area contributed by atoms with Gasteiger partial charge in [0.1, 0.15) is 5.60 Å². The fourth-order valence-electron chi connectivity index (χ4n) is 4.18. The van der Waals surface area contributed by atoms with Crippen molar-refractivity contribution in [3.8, 4) is 11.4 Å². The number of rotatable bonds is 5. The number of ether oxygens (including phenoxy) is 1. The zero-order chi connectivity index (χ0) is 23.0. The summed E-state index contributed by atoms with van der Waals surface area (Å²) in [5, 5.41) is 7.80. The molecule has 1 saturated heterocycles. The lowest BCUT2D eigenvalue weighted by atomic mass is 9.97. The first-order chi connectivity index (χ1) is 15.9. The number of carbonyl (C=O) groups is 1. The second-order valence-electron chi connectivity index (χ2n) is 10.0. The first-order valence-electron chi connectivity index (χ1n) is 11.8. The first kappa shape index (κ1) is 21.6. The topological polar surface area (TPSA) is 97.5 Å². The van der Waals surface area contributed by atoms with Gasteiger partial charge in [-0.15, -0.1) is 0 Å². The van der Waals surface area contributed by atoms with Crippen molar-refractivity contribution in [2.45, 2.75) is 58.0 Å². The van der Waals surface area contributed by atoms with Crippen molar-refractivity contribution < 1.29 is 9.53 Å². The Morgan fingerprint density at radius 1 is 1.12 bits per heavy atom. The van der Waals surface area contributed by atoms with Crippen LogP contribution in [0.1, 0.15) is 57.9 Å². The molecule has 3 aromatic heterocycles. The van der Waals surface area contributed by atoms with Gasteiger partial charge < -0.3 is 15.0 Å². The molecule has 33 heavy (non-hydrogen) atoms. The summed E-state index contributed by atoms with van der Waals surface area (Å²) >= 11 is 0. The quantitative estimate of drug-likeness (QED) is 0.626. The number of amides is 1. The average Bonchev–Trinajstić information content (AvgIpc) is 3.55. The molecular formula is C24H31N7O2. The van der Waals surface area contributed by atoms with Gasteiger partial charge >= 0.3 is 6.09 Å². The fourth-order valence-corrected chi connectivity index (χ4v) is 4.18. The van der Waals surface area contributed by atoms with Crippen LogP contribution in [0.5, 0.6) is 0 Å². The van der Waals surface area contributed by atoms with E-state index in [0.717, 1.165) is 36.4 Å². The lowest BCUT2D eigenvalue weighted by Gasteiger charge is -2.33. The van der Waals surface area contributed by atoms with Crippen LogP contribution in [0.15, 0.2) is 30.7 Å². The molecule has 9 heteroatoms. The summed E-state index contributed by atoms with van der Waals surface area (Å²) in [5.41, 5.74) is 3.29. The molecule has 0 bridgehead atoms. The van der Waals surface area contributed by atoms with Gasteiger partial charge in [0.15, 0.2) is 5.65 Å². The Kier molecular flexibility index (Phi) is 5.64. The Bertz CT molecular complexity index is 1140. The van der Waals surface area contributed by atoms with E-state index in [2.05, 4.69) is 15.4 Å². The molecule has 0 radical (unpaired) electrons.